The predicted molar refractivity (Wildman–Crippen MR) is 75.0 cm³/mol. The lowest BCUT2D eigenvalue weighted by atomic mass is 10.1. The number of rotatable bonds is 4. The van der Waals surface area contributed by atoms with Crippen LogP contribution in [0.1, 0.15) is 31.9 Å². The van der Waals surface area contributed by atoms with Crippen molar-refractivity contribution in [3.63, 3.8) is 0 Å². The van der Waals surface area contributed by atoms with Crippen molar-refractivity contribution >= 4 is 15.7 Å². The topological polar surface area (TPSA) is 63.4 Å². The number of nitrogen functional groups attached to an aromatic ring is 1. The van der Waals surface area contributed by atoms with E-state index >= 15 is 0 Å². The van der Waals surface area contributed by atoms with Gasteiger partial charge in [0.15, 0.2) is 0 Å². The molecule has 0 bridgehead atoms. The van der Waals surface area contributed by atoms with Crippen molar-refractivity contribution in [3.8, 4) is 0 Å². The van der Waals surface area contributed by atoms with Crippen molar-refractivity contribution in [3.05, 3.63) is 23.3 Å². The minimum atomic E-state index is -3.51. The highest BCUT2D eigenvalue weighted by Gasteiger charge is 2.27. The van der Waals surface area contributed by atoms with Crippen LogP contribution < -0.4 is 5.73 Å². The largest absolute Gasteiger partial charge is 0.398 e. The SMILES string of the molecule is CCN(C(C)C)S(=O)(=O)c1cc(C)c(C)cc1N. The van der Waals surface area contributed by atoms with Gasteiger partial charge in [0.25, 0.3) is 0 Å². The molecule has 0 aliphatic heterocycles. The van der Waals surface area contributed by atoms with Crippen LogP contribution in [0.25, 0.3) is 0 Å². The minimum absolute atomic E-state index is 0.0824. The number of nitrogens with zero attached hydrogens (tertiary/aromatic N) is 1. The fraction of sp³-hybridized carbons (Fsp3) is 0.538. The van der Waals surface area contributed by atoms with E-state index in [1.54, 1.807) is 12.1 Å². The van der Waals surface area contributed by atoms with Gasteiger partial charge in [-0.15, -0.1) is 0 Å². The zero-order valence-electron chi connectivity index (χ0n) is 11.7. The van der Waals surface area contributed by atoms with Gasteiger partial charge in [-0.05, 0) is 51.0 Å². The van der Waals surface area contributed by atoms with Gasteiger partial charge >= 0.3 is 0 Å². The Balaban J connectivity index is 3.41. The van der Waals surface area contributed by atoms with Gasteiger partial charge in [-0.3, -0.25) is 0 Å². The van der Waals surface area contributed by atoms with Crippen molar-refractivity contribution in [2.45, 2.75) is 45.6 Å². The lowest BCUT2D eigenvalue weighted by Gasteiger charge is -2.25. The van der Waals surface area contributed by atoms with Gasteiger partial charge in [0.1, 0.15) is 4.90 Å². The summed E-state index contributed by atoms with van der Waals surface area (Å²) in [6.07, 6.45) is 0. The molecule has 0 aromatic heterocycles. The highest BCUT2D eigenvalue weighted by molar-refractivity contribution is 7.89. The van der Waals surface area contributed by atoms with E-state index in [0.29, 0.717) is 12.2 Å². The standard InChI is InChI=1S/C13H22N2O2S/c1-6-15(9(2)3)18(16,17)13-8-11(5)10(4)7-12(13)14/h7-9H,6,14H2,1-5H3. The first kappa shape index (κ1) is 15.0. The molecule has 18 heavy (non-hydrogen) atoms. The Labute approximate surface area is 110 Å². The van der Waals surface area contributed by atoms with E-state index in [9.17, 15) is 8.42 Å². The first-order valence-corrected chi connectivity index (χ1v) is 7.54. The maximum atomic E-state index is 12.5. The molecule has 102 valence electrons. The molecule has 0 radical (unpaired) electrons. The summed E-state index contributed by atoms with van der Waals surface area (Å²) in [7, 11) is -3.51. The van der Waals surface area contributed by atoms with Crippen LogP contribution in [-0.2, 0) is 10.0 Å². The summed E-state index contributed by atoms with van der Waals surface area (Å²) in [5.41, 5.74) is 8.11. The Morgan fingerprint density at radius 3 is 2.17 bits per heavy atom. The molecule has 0 unspecified atom stereocenters. The van der Waals surface area contributed by atoms with E-state index in [1.165, 1.54) is 4.31 Å². The number of benzene rings is 1. The molecule has 0 heterocycles. The van der Waals surface area contributed by atoms with E-state index in [1.807, 2.05) is 34.6 Å². The van der Waals surface area contributed by atoms with Crippen molar-refractivity contribution in [1.29, 1.82) is 0 Å². The number of aryl methyl sites for hydroxylation is 2. The summed E-state index contributed by atoms with van der Waals surface area (Å²) in [5.74, 6) is 0. The van der Waals surface area contributed by atoms with Gasteiger partial charge in [0, 0.05) is 12.6 Å². The average Bonchev–Trinajstić information content (AvgIpc) is 2.23. The monoisotopic (exact) mass is 270 g/mol. The predicted octanol–water partition coefficient (Wildman–Crippen LogP) is 2.30. The zero-order chi connectivity index (χ0) is 14.1. The second-order valence-electron chi connectivity index (χ2n) is 4.78. The van der Waals surface area contributed by atoms with Gasteiger partial charge in [-0.2, -0.15) is 4.31 Å². The molecular weight excluding hydrogens is 248 g/mol. The maximum absolute atomic E-state index is 12.5. The Bertz CT molecular complexity index is 536. The van der Waals surface area contributed by atoms with Crippen LogP contribution in [0.15, 0.2) is 17.0 Å². The summed E-state index contributed by atoms with van der Waals surface area (Å²) in [5, 5.41) is 0. The summed E-state index contributed by atoms with van der Waals surface area (Å²) >= 11 is 0. The Hall–Kier alpha value is -1.07. The Morgan fingerprint density at radius 1 is 1.22 bits per heavy atom. The van der Waals surface area contributed by atoms with E-state index in [2.05, 4.69) is 0 Å². The van der Waals surface area contributed by atoms with Crippen molar-refractivity contribution in [2.75, 3.05) is 12.3 Å². The molecular formula is C13H22N2O2S. The van der Waals surface area contributed by atoms with Crippen LogP contribution in [0.3, 0.4) is 0 Å². The normalized spacial score (nSPS) is 12.4. The molecule has 0 saturated carbocycles. The number of anilines is 1. The van der Waals surface area contributed by atoms with Crippen LogP contribution in [0.2, 0.25) is 0 Å². The molecule has 5 heteroatoms. The molecule has 1 rings (SSSR count). The second kappa shape index (κ2) is 5.28. The molecule has 0 spiro atoms. The summed E-state index contributed by atoms with van der Waals surface area (Å²) in [4.78, 5) is 0.209. The van der Waals surface area contributed by atoms with Gasteiger partial charge in [-0.25, -0.2) is 8.42 Å². The van der Waals surface area contributed by atoms with E-state index < -0.39 is 10.0 Å². The van der Waals surface area contributed by atoms with E-state index in [-0.39, 0.29) is 10.9 Å². The second-order valence-corrected chi connectivity index (χ2v) is 6.64. The molecule has 0 amide bonds. The first-order chi connectivity index (χ1) is 8.21. The number of sulfonamides is 1. The lowest BCUT2D eigenvalue weighted by Crippen LogP contribution is -2.37. The van der Waals surface area contributed by atoms with Crippen LogP contribution in [0, 0.1) is 13.8 Å². The third-order valence-corrected chi connectivity index (χ3v) is 5.31. The number of hydrogen-bond acceptors (Lipinski definition) is 3. The van der Waals surface area contributed by atoms with Crippen LogP contribution >= 0.6 is 0 Å². The lowest BCUT2D eigenvalue weighted by molar-refractivity contribution is 0.369. The molecule has 0 saturated heterocycles. The van der Waals surface area contributed by atoms with Crippen molar-refractivity contribution in [1.82, 2.24) is 4.31 Å². The fourth-order valence-electron chi connectivity index (χ4n) is 1.97. The summed E-state index contributed by atoms with van der Waals surface area (Å²) < 4.78 is 26.5. The van der Waals surface area contributed by atoms with Crippen LogP contribution in [0.5, 0.6) is 0 Å². The smallest absolute Gasteiger partial charge is 0.245 e. The number of hydrogen-bond donors (Lipinski definition) is 1. The fourth-order valence-corrected chi connectivity index (χ4v) is 3.80. The van der Waals surface area contributed by atoms with Gasteiger partial charge in [-0.1, -0.05) is 6.92 Å². The average molecular weight is 270 g/mol. The molecule has 1 aromatic carbocycles. The molecule has 4 nitrogen and oxygen atoms in total. The first-order valence-electron chi connectivity index (χ1n) is 6.10. The Kier molecular flexibility index (Phi) is 4.40. The maximum Gasteiger partial charge on any atom is 0.245 e. The van der Waals surface area contributed by atoms with E-state index in [0.717, 1.165) is 11.1 Å². The molecule has 0 aliphatic carbocycles. The summed E-state index contributed by atoms with van der Waals surface area (Å²) in [6.45, 7) is 9.79. The van der Waals surface area contributed by atoms with Gasteiger partial charge in [0.05, 0.1) is 5.69 Å². The van der Waals surface area contributed by atoms with E-state index in [4.69, 9.17) is 5.73 Å². The zero-order valence-corrected chi connectivity index (χ0v) is 12.5. The van der Waals surface area contributed by atoms with Crippen molar-refractivity contribution < 1.29 is 8.42 Å². The van der Waals surface area contributed by atoms with Crippen molar-refractivity contribution in [2.24, 2.45) is 0 Å². The molecule has 0 fully saturated rings. The quantitative estimate of drug-likeness (QED) is 0.854. The highest BCUT2D eigenvalue weighted by Crippen LogP contribution is 2.26. The van der Waals surface area contributed by atoms with Gasteiger partial charge in [0.2, 0.25) is 10.0 Å². The molecule has 1 aromatic rings. The molecule has 2 N–H and O–H groups in total. The van der Waals surface area contributed by atoms with Crippen LogP contribution in [0.4, 0.5) is 5.69 Å². The Morgan fingerprint density at radius 2 is 1.72 bits per heavy atom. The minimum Gasteiger partial charge on any atom is -0.398 e. The summed E-state index contributed by atoms with van der Waals surface area (Å²) in [6, 6.07) is 3.29. The van der Waals surface area contributed by atoms with Crippen LogP contribution in [-0.4, -0.2) is 25.3 Å². The highest BCUT2D eigenvalue weighted by atomic mass is 32.2. The number of nitrogens with two attached hydrogens (primary N) is 1. The third-order valence-electron chi connectivity index (χ3n) is 3.10. The molecule has 0 atom stereocenters. The third kappa shape index (κ3) is 2.67. The molecule has 0 aliphatic rings. The van der Waals surface area contributed by atoms with Gasteiger partial charge < -0.3 is 5.73 Å².